The predicted octanol–water partition coefficient (Wildman–Crippen LogP) is 4.04. The van der Waals surface area contributed by atoms with Crippen LogP contribution in [0.3, 0.4) is 0 Å². The molecule has 0 radical (unpaired) electrons. The van der Waals surface area contributed by atoms with Crippen LogP contribution in [0.4, 0.5) is 0 Å². The van der Waals surface area contributed by atoms with Gasteiger partial charge in [-0.2, -0.15) is 0 Å². The van der Waals surface area contributed by atoms with Crippen LogP contribution < -0.4 is 10.5 Å². The molecule has 1 atom stereocenters. The van der Waals surface area contributed by atoms with Crippen LogP contribution in [-0.2, 0) is 10.3 Å². The maximum absolute atomic E-state index is 5.94. The van der Waals surface area contributed by atoms with E-state index in [1.54, 1.807) is 6.20 Å². The summed E-state index contributed by atoms with van der Waals surface area (Å²) < 4.78 is 11.3. The number of nitrogens with zero attached hydrogens (tertiary/aromatic N) is 2. The van der Waals surface area contributed by atoms with Gasteiger partial charge in [-0.1, -0.05) is 30.3 Å². The lowest BCUT2D eigenvalue weighted by atomic mass is 9.82. The molecule has 2 N–H and O–H groups in total. The Morgan fingerprint density at radius 1 is 1.07 bits per heavy atom. The van der Waals surface area contributed by atoms with Gasteiger partial charge in [-0.3, -0.25) is 4.98 Å². The van der Waals surface area contributed by atoms with Crippen molar-refractivity contribution in [3.05, 3.63) is 83.7 Å². The second-order valence-corrected chi connectivity index (χ2v) is 6.83. The molecule has 28 heavy (non-hydrogen) atoms. The van der Waals surface area contributed by atoms with Crippen molar-refractivity contribution in [3.63, 3.8) is 0 Å². The zero-order valence-corrected chi connectivity index (χ0v) is 16.1. The minimum Gasteiger partial charge on any atom is -0.494 e. The highest BCUT2D eigenvalue weighted by molar-refractivity contribution is 5.76. The van der Waals surface area contributed by atoms with Crippen LogP contribution in [0.15, 0.2) is 72.0 Å². The van der Waals surface area contributed by atoms with Crippen LogP contribution in [0, 0.1) is 6.92 Å². The fourth-order valence-electron chi connectivity index (χ4n) is 3.61. The van der Waals surface area contributed by atoms with Crippen molar-refractivity contribution in [3.8, 4) is 16.9 Å². The molecule has 0 saturated heterocycles. The molecule has 2 aromatic carbocycles. The number of ether oxygens (including phenoxy) is 2. The highest BCUT2D eigenvalue weighted by Crippen LogP contribution is 2.40. The molecule has 0 saturated carbocycles. The molecule has 1 aromatic heterocycles. The number of nitrogens with two attached hydrogens (primary N) is 1. The Kier molecular flexibility index (Phi) is 4.74. The summed E-state index contributed by atoms with van der Waals surface area (Å²) in [4.78, 5) is 8.96. The molecule has 5 heteroatoms. The number of rotatable bonds is 5. The number of amidine groups is 1. The van der Waals surface area contributed by atoms with Crippen LogP contribution >= 0.6 is 0 Å². The first-order chi connectivity index (χ1) is 13.6. The summed E-state index contributed by atoms with van der Waals surface area (Å²) in [5.74, 6) is 0.876. The molecule has 1 unspecified atom stereocenters. The molecular weight excluding hydrogens is 350 g/mol. The van der Waals surface area contributed by atoms with Gasteiger partial charge in [0.1, 0.15) is 12.4 Å². The van der Waals surface area contributed by atoms with E-state index in [9.17, 15) is 0 Å². The van der Waals surface area contributed by atoms with Gasteiger partial charge in [0.25, 0.3) is 6.02 Å². The van der Waals surface area contributed by atoms with Gasteiger partial charge in [-0.15, -0.1) is 0 Å². The third kappa shape index (κ3) is 3.20. The lowest BCUT2D eigenvalue weighted by Crippen LogP contribution is -2.27. The molecule has 4 rings (SSSR count). The summed E-state index contributed by atoms with van der Waals surface area (Å²) in [5, 5.41) is 0. The maximum atomic E-state index is 5.94. The maximum Gasteiger partial charge on any atom is 0.283 e. The van der Waals surface area contributed by atoms with Crippen molar-refractivity contribution in [2.24, 2.45) is 10.7 Å². The quantitative estimate of drug-likeness (QED) is 0.733. The fourth-order valence-corrected chi connectivity index (χ4v) is 3.61. The second-order valence-electron chi connectivity index (χ2n) is 6.83. The Morgan fingerprint density at radius 3 is 2.57 bits per heavy atom. The number of aliphatic imine (C=N–C) groups is 1. The van der Waals surface area contributed by atoms with Crippen molar-refractivity contribution in [1.29, 1.82) is 0 Å². The number of aryl methyl sites for hydroxylation is 1. The molecule has 0 fully saturated rings. The van der Waals surface area contributed by atoms with E-state index in [1.165, 1.54) is 0 Å². The molecule has 0 bridgehead atoms. The number of pyridine rings is 1. The number of aromatic nitrogens is 1. The molecule has 0 amide bonds. The summed E-state index contributed by atoms with van der Waals surface area (Å²) >= 11 is 0. The first kappa shape index (κ1) is 18.0. The van der Waals surface area contributed by atoms with Crippen LogP contribution in [0.25, 0.3) is 11.1 Å². The summed E-state index contributed by atoms with van der Waals surface area (Å²) in [6.07, 6.45) is 3.63. The van der Waals surface area contributed by atoms with Crippen molar-refractivity contribution >= 4 is 6.02 Å². The minimum atomic E-state index is -0.683. The SMILES string of the molecule is CCOc1ccc(C2(c3cccc(-c4cccnc4)c3)COC(N)=N2)cc1C. The molecule has 0 aliphatic carbocycles. The molecule has 142 valence electrons. The predicted molar refractivity (Wildman–Crippen MR) is 110 cm³/mol. The average Bonchev–Trinajstić information content (AvgIpc) is 3.13. The van der Waals surface area contributed by atoms with Crippen LogP contribution in [0.2, 0.25) is 0 Å². The standard InChI is InChI=1S/C23H23N3O2/c1-3-27-21-10-9-20(12-16(21)2)23(15-28-22(24)26-23)19-8-4-6-17(13-19)18-7-5-11-25-14-18/h4-14H,3,15H2,1-2H3,(H2,24,26). The Labute approximate surface area is 164 Å². The third-order valence-electron chi connectivity index (χ3n) is 5.02. The van der Waals surface area contributed by atoms with Gasteiger partial charge in [0.15, 0.2) is 5.54 Å². The van der Waals surface area contributed by atoms with Gasteiger partial charge in [0.2, 0.25) is 0 Å². The van der Waals surface area contributed by atoms with E-state index in [0.29, 0.717) is 13.2 Å². The molecule has 1 aliphatic heterocycles. The van der Waals surface area contributed by atoms with Gasteiger partial charge in [0, 0.05) is 12.4 Å². The second kappa shape index (κ2) is 7.35. The van der Waals surface area contributed by atoms with Gasteiger partial charge in [-0.25, -0.2) is 4.99 Å². The zero-order valence-electron chi connectivity index (χ0n) is 16.1. The molecule has 0 spiro atoms. The highest BCUT2D eigenvalue weighted by Gasteiger charge is 2.40. The first-order valence-corrected chi connectivity index (χ1v) is 9.35. The topological polar surface area (TPSA) is 69.7 Å². The van der Waals surface area contributed by atoms with Gasteiger partial charge in [0.05, 0.1) is 6.61 Å². The molecule has 5 nitrogen and oxygen atoms in total. The van der Waals surface area contributed by atoms with Crippen molar-refractivity contribution < 1.29 is 9.47 Å². The number of hydrogen-bond donors (Lipinski definition) is 1. The van der Waals surface area contributed by atoms with E-state index in [2.05, 4.69) is 29.2 Å². The van der Waals surface area contributed by atoms with Crippen LogP contribution in [0.1, 0.15) is 23.6 Å². The van der Waals surface area contributed by atoms with Gasteiger partial charge >= 0.3 is 0 Å². The van der Waals surface area contributed by atoms with Gasteiger partial charge in [-0.05, 0) is 65.9 Å². The molecule has 3 aromatic rings. The Bertz CT molecular complexity index is 1020. The largest absolute Gasteiger partial charge is 0.494 e. The Balaban J connectivity index is 1.83. The number of benzene rings is 2. The third-order valence-corrected chi connectivity index (χ3v) is 5.02. The molecular formula is C23H23N3O2. The van der Waals surface area contributed by atoms with E-state index in [4.69, 9.17) is 20.2 Å². The van der Waals surface area contributed by atoms with Crippen molar-refractivity contribution in [2.75, 3.05) is 13.2 Å². The summed E-state index contributed by atoms with van der Waals surface area (Å²) in [5.41, 5.74) is 10.5. The van der Waals surface area contributed by atoms with Crippen LogP contribution in [-0.4, -0.2) is 24.2 Å². The average molecular weight is 373 g/mol. The Morgan fingerprint density at radius 2 is 1.89 bits per heavy atom. The van der Waals surface area contributed by atoms with Crippen LogP contribution in [0.5, 0.6) is 5.75 Å². The summed E-state index contributed by atoms with van der Waals surface area (Å²) in [6, 6.07) is 18.6. The van der Waals surface area contributed by atoms with E-state index in [0.717, 1.165) is 33.6 Å². The summed E-state index contributed by atoms with van der Waals surface area (Å²) in [6.45, 7) is 5.02. The molecule has 2 heterocycles. The minimum absolute atomic E-state index is 0.207. The lowest BCUT2D eigenvalue weighted by Gasteiger charge is -2.26. The van der Waals surface area contributed by atoms with E-state index < -0.39 is 5.54 Å². The van der Waals surface area contributed by atoms with Crippen molar-refractivity contribution in [2.45, 2.75) is 19.4 Å². The monoisotopic (exact) mass is 373 g/mol. The first-order valence-electron chi connectivity index (χ1n) is 9.35. The smallest absolute Gasteiger partial charge is 0.283 e. The zero-order chi connectivity index (χ0) is 19.6. The van der Waals surface area contributed by atoms with E-state index >= 15 is 0 Å². The van der Waals surface area contributed by atoms with Gasteiger partial charge < -0.3 is 15.2 Å². The lowest BCUT2D eigenvalue weighted by molar-refractivity contribution is 0.278. The number of hydrogen-bond acceptors (Lipinski definition) is 5. The van der Waals surface area contributed by atoms with E-state index in [-0.39, 0.29) is 6.02 Å². The molecule has 1 aliphatic rings. The normalized spacial score (nSPS) is 18.4. The Hall–Kier alpha value is -3.34. The highest BCUT2D eigenvalue weighted by atomic mass is 16.5. The fraction of sp³-hybridized carbons (Fsp3) is 0.217. The van der Waals surface area contributed by atoms with Crippen molar-refractivity contribution in [1.82, 2.24) is 4.98 Å². The van der Waals surface area contributed by atoms with E-state index in [1.807, 2.05) is 50.4 Å². The summed E-state index contributed by atoms with van der Waals surface area (Å²) in [7, 11) is 0.